The van der Waals surface area contributed by atoms with Gasteiger partial charge in [0.05, 0.1) is 5.41 Å². The molecule has 240 valence electrons. The predicted octanol–water partition coefficient (Wildman–Crippen LogP) is 13.4. The molecular formula is C51H30O. The zero-order valence-electron chi connectivity index (χ0n) is 28.2. The Bertz CT molecular complexity index is 2940. The van der Waals surface area contributed by atoms with Crippen molar-refractivity contribution in [3.63, 3.8) is 0 Å². The summed E-state index contributed by atoms with van der Waals surface area (Å²) in [6.07, 6.45) is 0. The van der Waals surface area contributed by atoms with E-state index < -0.39 is 5.41 Å². The molecule has 1 heteroatoms. The van der Waals surface area contributed by atoms with Crippen LogP contribution in [0.5, 0.6) is 11.5 Å². The van der Waals surface area contributed by atoms with Crippen molar-refractivity contribution in [2.75, 3.05) is 0 Å². The molecule has 2 aliphatic carbocycles. The molecular weight excluding hydrogens is 629 g/mol. The van der Waals surface area contributed by atoms with Gasteiger partial charge < -0.3 is 4.74 Å². The van der Waals surface area contributed by atoms with Crippen molar-refractivity contribution in [1.29, 1.82) is 0 Å². The molecule has 52 heavy (non-hydrogen) atoms. The molecule has 0 saturated heterocycles. The van der Waals surface area contributed by atoms with Gasteiger partial charge in [0.25, 0.3) is 0 Å². The topological polar surface area (TPSA) is 9.23 Å². The summed E-state index contributed by atoms with van der Waals surface area (Å²) in [5.74, 6) is 1.82. The maximum Gasteiger partial charge on any atom is 0.135 e. The van der Waals surface area contributed by atoms with Crippen molar-refractivity contribution in [2.45, 2.75) is 5.41 Å². The van der Waals surface area contributed by atoms with Crippen LogP contribution in [0, 0.1) is 0 Å². The Hall–Kier alpha value is -6.70. The molecule has 0 saturated carbocycles. The zero-order chi connectivity index (χ0) is 34.0. The maximum absolute atomic E-state index is 6.47. The summed E-state index contributed by atoms with van der Waals surface area (Å²) in [4.78, 5) is 0. The van der Waals surface area contributed by atoms with Crippen molar-refractivity contribution in [3.8, 4) is 67.1 Å². The average Bonchev–Trinajstić information content (AvgIpc) is 3.67. The molecule has 1 aliphatic heterocycles. The molecule has 0 aromatic heterocycles. The van der Waals surface area contributed by atoms with Gasteiger partial charge in [0.1, 0.15) is 11.5 Å². The summed E-state index contributed by atoms with van der Waals surface area (Å²) in [7, 11) is 0. The fraction of sp³-hybridized carbons (Fsp3) is 0.0196. The molecule has 0 unspecified atom stereocenters. The summed E-state index contributed by atoms with van der Waals surface area (Å²) in [5, 5.41) is 4.88. The van der Waals surface area contributed by atoms with E-state index in [2.05, 4.69) is 176 Å². The van der Waals surface area contributed by atoms with Gasteiger partial charge in [-0.15, -0.1) is 0 Å². The monoisotopic (exact) mass is 658 g/mol. The average molecular weight is 659 g/mol. The second-order valence-electron chi connectivity index (χ2n) is 14.3. The largest absolute Gasteiger partial charge is 0.456 e. The number of rotatable bonds is 2. The van der Waals surface area contributed by atoms with Crippen molar-refractivity contribution in [1.82, 2.24) is 0 Å². The fourth-order valence-corrected chi connectivity index (χ4v) is 9.88. The van der Waals surface area contributed by atoms with Gasteiger partial charge in [0.2, 0.25) is 0 Å². The fourth-order valence-electron chi connectivity index (χ4n) is 9.88. The standard InChI is InChI=1S/C51H30O/c1-2-13-31(14-3-1)48-35-26-25-32(34-27-28-47-49-39(34)19-12-20-40(49)38-17-7-11-24-46(38)52-47)29-33(35)30-45-50(48)41-18-6-10-23-44(41)51(45)42-21-8-4-15-36(42)37-16-5-9-22-43(37)51/h1-30H. The molecule has 9 aromatic rings. The van der Waals surface area contributed by atoms with E-state index in [0.717, 1.165) is 17.1 Å². The quantitative estimate of drug-likeness (QED) is 0.180. The van der Waals surface area contributed by atoms with Gasteiger partial charge in [-0.25, -0.2) is 0 Å². The van der Waals surface area contributed by atoms with Crippen LogP contribution in [0.4, 0.5) is 0 Å². The molecule has 0 radical (unpaired) electrons. The first-order valence-corrected chi connectivity index (χ1v) is 18.1. The van der Waals surface area contributed by atoms with E-state index in [1.165, 1.54) is 93.9 Å². The van der Waals surface area contributed by atoms with Crippen molar-refractivity contribution >= 4 is 21.5 Å². The van der Waals surface area contributed by atoms with Crippen LogP contribution in [-0.4, -0.2) is 0 Å². The van der Waals surface area contributed by atoms with Gasteiger partial charge in [-0.2, -0.15) is 0 Å². The summed E-state index contributed by atoms with van der Waals surface area (Å²) < 4.78 is 6.47. The van der Waals surface area contributed by atoms with Crippen LogP contribution in [0.2, 0.25) is 0 Å². The normalized spacial score (nSPS) is 13.7. The number of ether oxygens (including phenoxy) is 1. The number of para-hydroxylation sites is 1. The zero-order valence-corrected chi connectivity index (χ0v) is 28.2. The number of benzene rings is 9. The number of hydrogen-bond donors (Lipinski definition) is 0. The minimum absolute atomic E-state index is 0.419. The molecule has 12 rings (SSSR count). The smallest absolute Gasteiger partial charge is 0.135 e. The predicted molar refractivity (Wildman–Crippen MR) is 214 cm³/mol. The summed E-state index contributed by atoms with van der Waals surface area (Å²) in [6.45, 7) is 0. The lowest BCUT2D eigenvalue weighted by molar-refractivity contribution is 0.487. The van der Waals surface area contributed by atoms with E-state index in [0.29, 0.717) is 0 Å². The Morgan fingerprint density at radius 2 is 0.962 bits per heavy atom. The minimum atomic E-state index is -0.419. The van der Waals surface area contributed by atoms with E-state index in [1.807, 2.05) is 6.07 Å². The third-order valence-corrected chi connectivity index (χ3v) is 11.9. The highest BCUT2D eigenvalue weighted by molar-refractivity contribution is 6.13. The summed E-state index contributed by atoms with van der Waals surface area (Å²) in [5.41, 5.74) is 17.6. The van der Waals surface area contributed by atoms with Gasteiger partial charge in [-0.1, -0.05) is 158 Å². The number of fused-ring (bicyclic) bond motifs is 13. The van der Waals surface area contributed by atoms with E-state index in [4.69, 9.17) is 4.74 Å². The lowest BCUT2D eigenvalue weighted by Gasteiger charge is -2.31. The SMILES string of the molecule is c1ccc(-c2c3c(cc4cc(-c5ccc6c7c(cccc57)-c5ccccc5O6)ccc24)C2(c4ccccc4-c4ccccc42)c2ccccc2-3)cc1. The second kappa shape index (κ2) is 10.2. The molecule has 0 amide bonds. The molecule has 1 heterocycles. The highest BCUT2D eigenvalue weighted by Crippen LogP contribution is 2.65. The first-order valence-electron chi connectivity index (χ1n) is 18.1. The van der Waals surface area contributed by atoms with Crippen LogP contribution in [0.15, 0.2) is 182 Å². The van der Waals surface area contributed by atoms with E-state index in [-0.39, 0.29) is 0 Å². The van der Waals surface area contributed by atoms with Crippen molar-refractivity contribution in [3.05, 3.63) is 204 Å². The number of hydrogen-bond acceptors (Lipinski definition) is 1. The molecule has 1 nitrogen and oxygen atoms in total. The summed E-state index contributed by atoms with van der Waals surface area (Å²) in [6, 6.07) is 67.3. The van der Waals surface area contributed by atoms with Gasteiger partial charge in [0, 0.05) is 10.9 Å². The molecule has 9 aromatic carbocycles. The molecule has 3 aliphatic rings. The first-order chi connectivity index (χ1) is 25.8. The highest BCUT2D eigenvalue weighted by Gasteiger charge is 2.52. The van der Waals surface area contributed by atoms with Crippen LogP contribution >= 0.6 is 0 Å². The van der Waals surface area contributed by atoms with E-state index in [1.54, 1.807) is 0 Å². The van der Waals surface area contributed by atoms with Crippen LogP contribution in [0.25, 0.3) is 77.2 Å². The van der Waals surface area contributed by atoms with Gasteiger partial charge in [-0.3, -0.25) is 0 Å². The highest BCUT2D eigenvalue weighted by atomic mass is 16.5. The molecule has 1 spiro atoms. The Labute approximate surface area is 302 Å². The molecule has 0 bridgehead atoms. The Balaban J connectivity index is 1.18. The van der Waals surface area contributed by atoms with E-state index >= 15 is 0 Å². The third kappa shape index (κ3) is 3.48. The van der Waals surface area contributed by atoms with Gasteiger partial charge in [0.15, 0.2) is 0 Å². The van der Waals surface area contributed by atoms with Crippen LogP contribution in [-0.2, 0) is 5.41 Å². The maximum atomic E-state index is 6.47. The molecule has 0 N–H and O–H groups in total. The third-order valence-electron chi connectivity index (χ3n) is 11.9. The van der Waals surface area contributed by atoms with Gasteiger partial charge >= 0.3 is 0 Å². The van der Waals surface area contributed by atoms with Gasteiger partial charge in [-0.05, 0) is 113 Å². The Morgan fingerprint density at radius 3 is 1.73 bits per heavy atom. The first kappa shape index (κ1) is 28.0. The van der Waals surface area contributed by atoms with Crippen molar-refractivity contribution < 1.29 is 4.74 Å². The lowest BCUT2D eigenvalue weighted by Crippen LogP contribution is -2.25. The van der Waals surface area contributed by atoms with Crippen LogP contribution in [0.3, 0.4) is 0 Å². The van der Waals surface area contributed by atoms with Crippen LogP contribution in [0.1, 0.15) is 22.3 Å². The summed E-state index contributed by atoms with van der Waals surface area (Å²) >= 11 is 0. The Kier molecular flexibility index (Phi) is 5.49. The lowest BCUT2D eigenvalue weighted by atomic mass is 9.70. The molecule has 0 fully saturated rings. The van der Waals surface area contributed by atoms with E-state index in [9.17, 15) is 0 Å². The Morgan fingerprint density at radius 1 is 0.327 bits per heavy atom. The molecule has 0 atom stereocenters. The second-order valence-corrected chi connectivity index (χ2v) is 14.3. The minimum Gasteiger partial charge on any atom is -0.456 e. The van der Waals surface area contributed by atoms with Crippen LogP contribution < -0.4 is 4.74 Å². The van der Waals surface area contributed by atoms with Crippen molar-refractivity contribution in [2.24, 2.45) is 0 Å².